The zero-order chi connectivity index (χ0) is 28.6. The number of ether oxygens (including phenoxy) is 1. The van der Waals surface area contributed by atoms with Crippen LogP contribution in [0.5, 0.6) is 5.75 Å². The topological polar surface area (TPSA) is 96.0 Å². The molecule has 0 aliphatic carbocycles. The lowest BCUT2D eigenvalue weighted by molar-refractivity contribution is -0.139. The zero-order valence-corrected chi connectivity index (χ0v) is 24.1. The maximum atomic E-state index is 13.9. The number of nitrogens with zero attached hydrogens (tertiary/aromatic N) is 2. The van der Waals surface area contributed by atoms with Crippen molar-refractivity contribution in [3.8, 4) is 5.75 Å². The quantitative estimate of drug-likeness (QED) is 0.334. The van der Waals surface area contributed by atoms with Crippen LogP contribution in [0.3, 0.4) is 0 Å². The molecular weight excluding hydrogens is 538 g/mol. The molecule has 1 N–H and O–H groups in total. The number of benzene rings is 3. The molecule has 0 aromatic heterocycles. The van der Waals surface area contributed by atoms with Gasteiger partial charge in [-0.05, 0) is 56.2 Å². The molecule has 3 aromatic rings. The van der Waals surface area contributed by atoms with Crippen LogP contribution in [0.4, 0.5) is 5.69 Å². The summed E-state index contributed by atoms with van der Waals surface area (Å²) in [5, 5.41) is 3.34. The summed E-state index contributed by atoms with van der Waals surface area (Å²) in [5.41, 5.74) is 0.885. The standard InChI is InChI=1S/C29H34ClN3O5S/c1-5-21(2)31-29(35)22(3)32(19-23-12-9-10-17-27(23)30)28(34)20-33(24-13-11-14-25(18-24)38-4)39(36,37)26-15-7-6-8-16-26/h6-18,21-22H,5,19-20H2,1-4H3,(H,31,35)/t21-,22+/m1/s1. The Labute approximate surface area is 235 Å². The van der Waals surface area contributed by atoms with Crippen molar-refractivity contribution in [2.75, 3.05) is 18.0 Å². The van der Waals surface area contributed by atoms with Crippen LogP contribution in [0.15, 0.2) is 83.8 Å². The summed E-state index contributed by atoms with van der Waals surface area (Å²) in [4.78, 5) is 28.4. The fourth-order valence-electron chi connectivity index (χ4n) is 3.87. The summed E-state index contributed by atoms with van der Waals surface area (Å²) in [6.07, 6.45) is 0.718. The molecular formula is C29H34ClN3O5S. The van der Waals surface area contributed by atoms with Gasteiger partial charge in [-0.25, -0.2) is 8.42 Å². The van der Waals surface area contributed by atoms with Crippen molar-refractivity contribution in [3.63, 3.8) is 0 Å². The number of rotatable bonds is 12. The Kier molecular flexibility index (Phi) is 10.4. The number of carbonyl (C=O) groups is 2. The van der Waals surface area contributed by atoms with Gasteiger partial charge in [-0.15, -0.1) is 0 Å². The van der Waals surface area contributed by atoms with Crippen molar-refractivity contribution in [3.05, 3.63) is 89.4 Å². The molecule has 0 aliphatic rings. The minimum Gasteiger partial charge on any atom is -0.497 e. The van der Waals surface area contributed by atoms with E-state index in [2.05, 4.69) is 5.32 Å². The van der Waals surface area contributed by atoms with E-state index in [0.717, 1.165) is 10.7 Å². The lowest BCUT2D eigenvalue weighted by Gasteiger charge is -2.32. The van der Waals surface area contributed by atoms with Gasteiger partial charge < -0.3 is 15.0 Å². The largest absolute Gasteiger partial charge is 0.497 e. The van der Waals surface area contributed by atoms with Gasteiger partial charge in [-0.3, -0.25) is 13.9 Å². The first-order valence-electron chi connectivity index (χ1n) is 12.6. The van der Waals surface area contributed by atoms with E-state index < -0.39 is 28.5 Å². The van der Waals surface area contributed by atoms with Crippen LogP contribution in [0.25, 0.3) is 0 Å². The predicted molar refractivity (Wildman–Crippen MR) is 153 cm³/mol. The highest BCUT2D eigenvalue weighted by molar-refractivity contribution is 7.92. The Morgan fingerprint density at radius 3 is 2.28 bits per heavy atom. The van der Waals surface area contributed by atoms with E-state index >= 15 is 0 Å². The molecule has 10 heteroatoms. The number of hydrogen-bond donors (Lipinski definition) is 1. The number of methoxy groups -OCH3 is 1. The Balaban J connectivity index is 2.04. The molecule has 0 unspecified atom stereocenters. The van der Waals surface area contributed by atoms with Gasteiger partial charge in [0.1, 0.15) is 18.3 Å². The summed E-state index contributed by atoms with van der Waals surface area (Å²) in [5.74, 6) is -0.477. The first-order chi connectivity index (χ1) is 18.6. The monoisotopic (exact) mass is 571 g/mol. The Hall–Kier alpha value is -3.56. The summed E-state index contributed by atoms with van der Waals surface area (Å²) in [7, 11) is -2.68. The van der Waals surface area contributed by atoms with Crippen LogP contribution in [-0.4, -0.2) is 50.9 Å². The van der Waals surface area contributed by atoms with Crippen LogP contribution in [-0.2, 0) is 26.2 Å². The van der Waals surface area contributed by atoms with Crippen LogP contribution < -0.4 is 14.4 Å². The average molecular weight is 572 g/mol. The zero-order valence-electron chi connectivity index (χ0n) is 22.5. The van der Waals surface area contributed by atoms with Gasteiger partial charge >= 0.3 is 0 Å². The molecule has 3 rings (SSSR count). The van der Waals surface area contributed by atoms with E-state index in [9.17, 15) is 18.0 Å². The third-order valence-electron chi connectivity index (χ3n) is 6.42. The number of halogens is 1. The molecule has 0 saturated heterocycles. The van der Waals surface area contributed by atoms with Gasteiger partial charge in [0.25, 0.3) is 10.0 Å². The third-order valence-corrected chi connectivity index (χ3v) is 8.58. The fraction of sp³-hybridized carbons (Fsp3) is 0.310. The number of amides is 2. The molecule has 2 atom stereocenters. The molecule has 39 heavy (non-hydrogen) atoms. The highest BCUT2D eigenvalue weighted by atomic mass is 35.5. The molecule has 0 radical (unpaired) electrons. The van der Waals surface area contributed by atoms with Crippen LogP contribution >= 0.6 is 11.6 Å². The highest BCUT2D eigenvalue weighted by Gasteiger charge is 2.33. The number of carbonyl (C=O) groups excluding carboxylic acids is 2. The van der Waals surface area contributed by atoms with E-state index in [1.54, 1.807) is 73.7 Å². The van der Waals surface area contributed by atoms with Crippen molar-refractivity contribution in [2.24, 2.45) is 0 Å². The normalized spacial score (nSPS) is 12.7. The first-order valence-corrected chi connectivity index (χ1v) is 14.4. The van der Waals surface area contributed by atoms with Gasteiger partial charge in [0, 0.05) is 23.7 Å². The van der Waals surface area contributed by atoms with Crippen molar-refractivity contribution in [1.82, 2.24) is 10.2 Å². The smallest absolute Gasteiger partial charge is 0.264 e. The van der Waals surface area contributed by atoms with Crippen LogP contribution in [0, 0.1) is 0 Å². The molecule has 0 aliphatic heterocycles. The number of hydrogen-bond acceptors (Lipinski definition) is 5. The SMILES string of the molecule is CC[C@@H](C)NC(=O)[C@H](C)N(Cc1ccccc1Cl)C(=O)CN(c1cccc(OC)c1)S(=O)(=O)c1ccccc1. The van der Waals surface area contributed by atoms with E-state index in [1.807, 2.05) is 13.8 Å². The van der Waals surface area contributed by atoms with Crippen molar-refractivity contribution < 1.29 is 22.7 Å². The number of sulfonamides is 1. The molecule has 3 aromatic carbocycles. The number of anilines is 1. The second-order valence-corrected chi connectivity index (χ2v) is 11.4. The Bertz CT molecular complexity index is 1380. The van der Waals surface area contributed by atoms with Gasteiger partial charge in [-0.2, -0.15) is 0 Å². The lowest BCUT2D eigenvalue weighted by Crippen LogP contribution is -2.52. The van der Waals surface area contributed by atoms with E-state index in [4.69, 9.17) is 16.3 Å². The van der Waals surface area contributed by atoms with Crippen molar-refractivity contribution >= 4 is 39.1 Å². The molecule has 208 valence electrons. The molecule has 0 fully saturated rings. The van der Waals surface area contributed by atoms with Gasteiger partial charge in [0.15, 0.2) is 0 Å². The lowest BCUT2D eigenvalue weighted by atomic mass is 10.1. The van der Waals surface area contributed by atoms with Crippen LogP contribution in [0.1, 0.15) is 32.8 Å². The second-order valence-electron chi connectivity index (χ2n) is 9.13. The minimum atomic E-state index is -4.15. The highest BCUT2D eigenvalue weighted by Crippen LogP contribution is 2.28. The van der Waals surface area contributed by atoms with Crippen molar-refractivity contribution in [1.29, 1.82) is 0 Å². The molecule has 0 saturated carbocycles. The Morgan fingerprint density at radius 1 is 0.974 bits per heavy atom. The first kappa shape index (κ1) is 30.0. The van der Waals surface area contributed by atoms with Gasteiger partial charge in [-0.1, -0.05) is 61.0 Å². The number of nitrogens with one attached hydrogen (secondary N) is 1. The maximum absolute atomic E-state index is 13.9. The maximum Gasteiger partial charge on any atom is 0.264 e. The fourth-order valence-corrected chi connectivity index (χ4v) is 5.49. The molecule has 0 heterocycles. The molecule has 8 nitrogen and oxygen atoms in total. The third kappa shape index (κ3) is 7.52. The average Bonchev–Trinajstić information content (AvgIpc) is 2.95. The van der Waals surface area contributed by atoms with E-state index in [1.165, 1.54) is 24.1 Å². The van der Waals surface area contributed by atoms with E-state index in [0.29, 0.717) is 16.3 Å². The van der Waals surface area contributed by atoms with Crippen molar-refractivity contribution in [2.45, 2.75) is 50.7 Å². The van der Waals surface area contributed by atoms with E-state index in [-0.39, 0.29) is 29.1 Å². The molecule has 2 amide bonds. The summed E-state index contributed by atoms with van der Waals surface area (Å²) in [6, 6.07) is 20.4. The predicted octanol–water partition coefficient (Wildman–Crippen LogP) is 4.88. The van der Waals surface area contributed by atoms with Gasteiger partial charge in [0.2, 0.25) is 11.8 Å². The molecule has 0 bridgehead atoms. The summed E-state index contributed by atoms with van der Waals surface area (Å²) >= 11 is 6.39. The molecule has 0 spiro atoms. The Morgan fingerprint density at radius 2 is 1.64 bits per heavy atom. The van der Waals surface area contributed by atoms with Gasteiger partial charge in [0.05, 0.1) is 17.7 Å². The summed E-state index contributed by atoms with van der Waals surface area (Å²) < 4.78 is 33.9. The summed E-state index contributed by atoms with van der Waals surface area (Å²) in [6.45, 7) is 4.92. The second kappa shape index (κ2) is 13.5. The minimum absolute atomic E-state index is 0.0188. The van der Waals surface area contributed by atoms with Crippen LogP contribution in [0.2, 0.25) is 5.02 Å².